The van der Waals surface area contributed by atoms with Gasteiger partial charge in [-0.25, -0.2) is 14.4 Å². The first-order chi connectivity index (χ1) is 15.2. The largest absolute Gasteiger partial charge is 0.352 e. The van der Waals surface area contributed by atoms with Gasteiger partial charge in [0.2, 0.25) is 0 Å². The summed E-state index contributed by atoms with van der Waals surface area (Å²) in [5.41, 5.74) is 1.88. The SMILES string of the molecule is O=C(c1ccccc1F)N1CCN(c2nc(-c3ccncc3)nc3ccccc23)CC1. The van der Waals surface area contributed by atoms with Crippen LogP contribution >= 0.6 is 0 Å². The number of fused-ring (bicyclic) bond motifs is 1. The molecule has 1 aliphatic heterocycles. The molecular formula is C24H20FN5O. The summed E-state index contributed by atoms with van der Waals surface area (Å²) < 4.78 is 14.0. The summed E-state index contributed by atoms with van der Waals surface area (Å²) >= 11 is 0. The number of benzene rings is 2. The molecule has 4 aromatic rings. The number of halogens is 1. The Bertz CT molecular complexity index is 1240. The van der Waals surface area contributed by atoms with Crippen LogP contribution in [0.1, 0.15) is 10.4 Å². The van der Waals surface area contributed by atoms with Gasteiger partial charge in [0.25, 0.3) is 5.91 Å². The maximum Gasteiger partial charge on any atom is 0.256 e. The van der Waals surface area contributed by atoms with Crippen molar-refractivity contribution in [2.45, 2.75) is 0 Å². The van der Waals surface area contributed by atoms with Crippen LogP contribution < -0.4 is 4.90 Å². The van der Waals surface area contributed by atoms with Crippen LogP contribution in [0, 0.1) is 5.82 Å². The van der Waals surface area contributed by atoms with Crippen LogP contribution in [-0.2, 0) is 0 Å². The first kappa shape index (κ1) is 19.1. The Labute approximate surface area is 179 Å². The summed E-state index contributed by atoms with van der Waals surface area (Å²) in [5, 5.41) is 0.967. The number of carbonyl (C=O) groups is 1. The Balaban J connectivity index is 1.43. The van der Waals surface area contributed by atoms with Crippen molar-refractivity contribution in [3.05, 3.63) is 84.4 Å². The first-order valence-electron chi connectivity index (χ1n) is 10.2. The van der Waals surface area contributed by atoms with Crippen LogP contribution in [-0.4, -0.2) is 51.9 Å². The quantitative estimate of drug-likeness (QED) is 0.511. The number of amides is 1. The van der Waals surface area contributed by atoms with Gasteiger partial charge in [0.15, 0.2) is 5.82 Å². The first-order valence-corrected chi connectivity index (χ1v) is 10.2. The van der Waals surface area contributed by atoms with E-state index in [1.807, 2.05) is 36.4 Å². The molecule has 7 heteroatoms. The molecule has 0 atom stereocenters. The van der Waals surface area contributed by atoms with Crippen LogP contribution in [0.5, 0.6) is 0 Å². The van der Waals surface area contributed by atoms with E-state index < -0.39 is 5.82 Å². The molecule has 2 aromatic heterocycles. The number of hydrogen-bond acceptors (Lipinski definition) is 5. The zero-order chi connectivity index (χ0) is 21.2. The highest BCUT2D eigenvalue weighted by molar-refractivity contribution is 5.95. The van der Waals surface area contributed by atoms with Gasteiger partial charge in [-0.05, 0) is 36.4 Å². The number of hydrogen-bond donors (Lipinski definition) is 0. The summed E-state index contributed by atoms with van der Waals surface area (Å²) in [6, 6.07) is 17.8. The Morgan fingerprint density at radius 3 is 2.32 bits per heavy atom. The summed E-state index contributed by atoms with van der Waals surface area (Å²) in [4.78, 5) is 30.3. The Morgan fingerprint density at radius 2 is 1.55 bits per heavy atom. The fourth-order valence-corrected chi connectivity index (χ4v) is 3.86. The lowest BCUT2D eigenvalue weighted by molar-refractivity contribution is 0.0742. The predicted octanol–water partition coefficient (Wildman–Crippen LogP) is 3.79. The highest BCUT2D eigenvalue weighted by Gasteiger charge is 2.26. The van der Waals surface area contributed by atoms with Crippen molar-refractivity contribution in [1.82, 2.24) is 19.9 Å². The summed E-state index contributed by atoms with van der Waals surface area (Å²) in [6.07, 6.45) is 3.45. The molecule has 3 heterocycles. The molecule has 0 N–H and O–H groups in total. The van der Waals surface area contributed by atoms with E-state index in [9.17, 15) is 9.18 Å². The number of nitrogens with zero attached hydrogens (tertiary/aromatic N) is 5. The molecule has 0 unspecified atom stereocenters. The average Bonchev–Trinajstić information content (AvgIpc) is 2.84. The number of anilines is 1. The molecule has 6 nitrogen and oxygen atoms in total. The Morgan fingerprint density at radius 1 is 0.839 bits per heavy atom. The van der Waals surface area contributed by atoms with Gasteiger partial charge >= 0.3 is 0 Å². The molecule has 0 bridgehead atoms. The van der Waals surface area contributed by atoms with E-state index in [2.05, 4.69) is 9.88 Å². The van der Waals surface area contributed by atoms with Gasteiger partial charge < -0.3 is 9.80 Å². The molecule has 0 spiro atoms. The third-order valence-corrected chi connectivity index (χ3v) is 5.49. The number of para-hydroxylation sites is 1. The van der Waals surface area contributed by atoms with E-state index in [1.54, 1.807) is 29.4 Å². The molecule has 0 aliphatic carbocycles. The van der Waals surface area contributed by atoms with Crippen LogP contribution in [0.2, 0.25) is 0 Å². The van der Waals surface area contributed by atoms with Gasteiger partial charge in [0.05, 0.1) is 11.1 Å². The highest BCUT2D eigenvalue weighted by Crippen LogP contribution is 2.28. The van der Waals surface area contributed by atoms with Crippen molar-refractivity contribution in [3.63, 3.8) is 0 Å². The number of carbonyl (C=O) groups excluding carboxylic acids is 1. The van der Waals surface area contributed by atoms with Gasteiger partial charge in [-0.3, -0.25) is 9.78 Å². The van der Waals surface area contributed by atoms with Crippen LogP contribution in [0.4, 0.5) is 10.2 Å². The molecule has 2 aromatic carbocycles. The third kappa shape index (κ3) is 3.70. The van der Waals surface area contributed by atoms with Gasteiger partial charge in [-0.15, -0.1) is 0 Å². The van der Waals surface area contributed by atoms with Crippen molar-refractivity contribution in [3.8, 4) is 11.4 Å². The third-order valence-electron chi connectivity index (χ3n) is 5.49. The van der Waals surface area contributed by atoms with E-state index in [1.165, 1.54) is 12.1 Å². The lowest BCUT2D eigenvalue weighted by atomic mass is 10.1. The standard InChI is InChI=1S/C24H20FN5O/c25-20-7-3-1-5-18(20)24(31)30-15-13-29(14-16-30)23-19-6-2-4-8-21(19)27-22(28-23)17-9-11-26-12-10-17/h1-12H,13-16H2. The maximum atomic E-state index is 14.0. The molecular weight excluding hydrogens is 393 g/mol. The van der Waals surface area contributed by atoms with Crippen LogP contribution in [0.15, 0.2) is 73.1 Å². The molecule has 1 aliphatic rings. The van der Waals surface area contributed by atoms with E-state index in [-0.39, 0.29) is 11.5 Å². The number of rotatable bonds is 3. The molecule has 1 amide bonds. The molecule has 1 saturated heterocycles. The van der Waals surface area contributed by atoms with Gasteiger partial charge in [-0.1, -0.05) is 24.3 Å². The summed E-state index contributed by atoms with van der Waals surface area (Å²) in [7, 11) is 0. The number of pyridine rings is 1. The van der Waals surface area contributed by atoms with Crippen molar-refractivity contribution < 1.29 is 9.18 Å². The molecule has 0 saturated carbocycles. The zero-order valence-corrected chi connectivity index (χ0v) is 16.8. The van der Waals surface area contributed by atoms with Crippen molar-refractivity contribution >= 4 is 22.6 Å². The minimum atomic E-state index is -0.487. The van der Waals surface area contributed by atoms with E-state index in [4.69, 9.17) is 9.97 Å². The molecule has 0 radical (unpaired) electrons. The minimum Gasteiger partial charge on any atom is -0.352 e. The summed E-state index contributed by atoms with van der Waals surface area (Å²) in [6.45, 7) is 2.21. The minimum absolute atomic E-state index is 0.114. The second-order valence-corrected chi connectivity index (χ2v) is 7.38. The van der Waals surface area contributed by atoms with Crippen molar-refractivity contribution in [2.24, 2.45) is 0 Å². The predicted molar refractivity (Wildman–Crippen MR) is 117 cm³/mol. The van der Waals surface area contributed by atoms with E-state index >= 15 is 0 Å². The zero-order valence-electron chi connectivity index (χ0n) is 16.8. The Hall–Kier alpha value is -3.87. The summed E-state index contributed by atoms with van der Waals surface area (Å²) in [5.74, 6) is 0.720. The van der Waals surface area contributed by atoms with E-state index in [0.29, 0.717) is 32.0 Å². The number of piperazine rings is 1. The molecule has 154 valence electrons. The van der Waals surface area contributed by atoms with E-state index in [0.717, 1.165) is 22.3 Å². The lowest BCUT2D eigenvalue weighted by Crippen LogP contribution is -2.49. The molecule has 31 heavy (non-hydrogen) atoms. The molecule has 1 fully saturated rings. The fourth-order valence-electron chi connectivity index (χ4n) is 3.86. The van der Waals surface area contributed by atoms with Gasteiger partial charge in [-0.2, -0.15) is 0 Å². The fraction of sp³-hybridized carbons (Fsp3) is 0.167. The smallest absolute Gasteiger partial charge is 0.256 e. The average molecular weight is 413 g/mol. The topological polar surface area (TPSA) is 62.2 Å². The highest BCUT2D eigenvalue weighted by atomic mass is 19.1. The Kier molecular flexibility index (Phi) is 5.00. The maximum absolute atomic E-state index is 14.0. The molecule has 5 rings (SSSR count). The van der Waals surface area contributed by atoms with Crippen LogP contribution in [0.3, 0.4) is 0 Å². The van der Waals surface area contributed by atoms with Crippen LogP contribution in [0.25, 0.3) is 22.3 Å². The normalized spacial score (nSPS) is 14.1. The van der Waals surface area contributed by atoms with Gasteiger partial charge in [0, 0.05) is 49.5 Å². The number of aromatic nitrogens is 3. The monoisotopic (exact) mass is 413 g/mol. The lowest BCUT2D eigenvalue weighted by Gasteiger charge is -2.36. The second-order valence-electron chi connectivity index (χ2n) is 7.38. The van der Waals surface area contributed by atoms with Gasteiger partial charge in [0.1, 0.15) is 11.6 Å². The van der Waals surface area contributed by atoms with Crippen molar-refractivity contribution in [1.29, 1.82) is 0 Å². The second kappa shape index (κ2) is 8.10. The van der Waals surface area contributed by atoms with Crippen molar-refractivity contribution in [2.75, 3.05) is 31.1 Å².